The Hall–Kier alpha value is -1.14. The zero-order valence-electron chi connectivity index (χ0n) is 10.4. The first kappa shape index (κ1) is 13.9. The molecule has 0 saturated carbocycles. The molecule has 5 nitrogen and oxygen atoms in total. The Balaban J connectivity index is 2.61. The Morgan fingerprint density at radius 3 is 2.82 bits per heavy atom. The Morgan fingerprint density at radius 2 is 2.24 bits per heavy atom. The van der Waals surface area contributed by atoms with Crippen LogP contribution in [0.5, 0.6) is 0 Å². The molecule has 1 rings (SSSR count). The maximum Gasteiger partial charge on any atom is 0.242 e. The van der Waals surface area contributed by atoms with Crippen molar-refractivity contribution in [3.05, 3.63) is 17.6 Å². The number of aromatic nitrogens is 2. The van der Waals surface area contributed by atoms with E-state index in [4.69, 9.17) is 5.73 Å². The van der Waals surface area contributed by atoms with E-state index in [-0.39, 0.29) is 5.91 Å². The molecule has 0 aromatic carbocycles. The molecule has 6 heteroatoms. The van der Waals surface area contributed by atoms with Gasteiger partial charge in [0, 0.05) is 11.8 Å². The molecule has 94 valence electrons. The van der Waals surface area contributed by atoms with Crippen LogP contribution in [-0.2, 0) is 4.79 Å². The maximum atomic E-state index is 11.7. The van der Waals surface area contributed by atoms with E-state index >= 15 is 0 Å². The number of anilines is 1. The van der Waals surface area contributed by atoms with Crippen molar-refractivity contribution in [3.63, 3.8) is 0 Å². The predicted octanol–water partition coefficient (Wildman–Crippen LogP) is 1.11. The molecule has 1 atom stereocenters. The first-order valence-electron chi connectivity index (χ1n) is 5.40. The molecule has 0 radical (unpaired) electrons. The van der Waals surface area contributed by atoms with Gasteiger partial charge in [0.25, 0.3) is 0 Å². The summed E-state index contributed by atoms with van der Waals surface area (Å²) in [6, 6.07) is 1.24. The number of aryl methyl sites for hydroxylation is 2. The van der Waals surface area contributed by atoms with Gasteiger partial charge in [-0.25, -0.2) is 9.97 Å². The molecule has 0 aliphatic carbocycles. The summed E-state index contributed by atoms with van der Waals surface area (Å²) in [5.41, 5.74) is 6.58. The standard InChI is InChI=1S/C11H18N4OS/c1-7-6-10(14-8(2)13-7)15-11(16)9(12)4-5-17-3/h6,9H,4-5,12H2,1-3H3,(H,13,14,15,16)/t9-/m0/s1. The second-order valence-electron chi connectivity index (χ2n) is 3.82. The normalized spacial score (nSPS) is 12.2. The first-order valence-corrected chi connectivity index (χ1v) is 6.80. The SMILES string of the molecule is CSCC[C@H](N)C(=O)Nc1cc(C)nc(C)n1. The highest BCUT2D eigenvalue weighted by atomic mass is 32.2. The average Bonchev–Trinajstić information content (AvgIpc) is 2.24. The Bertz CT molecular complexity index is 377. The quantitative estimate of drug-likeness (QED) is 0.822. The van der Waals surface area contributed by atoms with Crippen molar-refractivity contribution in [2.75, 3.05) is 17.3 Å². The topological polar surface area (TPSA) is 80.9 Å². The van der Waals surface area contributed by atoms with Gasteiger partial charge in [0.2, 0.25) is 5.91 Å². The molecule has 1 aromatic heterocycles. The summed E-state index contributed by atoms with van der Waals surface area (Å²) in [6.45, 7) is 3.65. The van der Waals surface area contributed by atoms with Crippen LogP contribution in [0, 0.1) is 13.8 Å². The van der Waals surface area contributed by atoms with Gasteiger partial charge in [-0.1, -0.05) is 0 Å². The van der Waals surface area contributed by atoms with Crippen LogP contribution in [0.4, 0.5) is 5.82 Å². The number of hydrogen-bond acceptors (Lipinski definition) is 5. The Morgan fingerprint density at radius 1 is 1.53 bits per heavy atom. The van der Waals surface area contributed by atoms with Gasteiger partial charge < -0.3 is 11.1 Å². The van der Waals surface area contributed by atoms with Crippen LogP contribution in [0.3, 0.4) is 0 Å². The van der Waals surface area contributed by atoms with Crippen LogP contribution < -0.4 is 11.1 Å². The summed E-state index contributed by atoms with van der Waals surface area (Å²) in [5.74, 6) is 1.82. The maximum absolute atomic E-state index is 11.7. The van der Waals surface area contributed by atoms with Gasteiger partial charge in [-0.3, -0.25) is 4.79 Å². The molecule has 1 amide bonds. The van der Waals surface area contributed by atoms with Gasteiger partial charge in [-0.15, -0.1) is 0 Å². The van der Waals surface area contributed by atoms with Gasteiger partial charge in [-0.05, 0) is 32.3 Å². The fourth-order valence-electron chi connectivity index (χ4n) is 1.38. The number of nitrogens with two attached hydrogens (primary N) is 1. The number of nitrogens with one attached hydrogen (secondary N) is 1. The number of rotatable bonds is 5. The molecule has 17 heavy (non-hydrogen) atoms. The summed E-state index contributed by atoms with van der Waals surface area (Å²) in [5, 5.41) is 2.71. The van der Waals surface area contributed by atoms with E-state index in [2.05, 4.69) is 15.3 Å². The first-order chi connectivity index (χ1) is 8.02. The zero-order valence-corrected chi connectivity index (χ0v) is 11.2. The lowest BCUT2D eigenvalue weighted by Crippen LogP contribution is -2.36. The van der Waals surface area contributed by atoms with E-state index in [1.165, 1.54) is 0 Å². The summed E-state index contributed by atoms with van der Waals surface area (Å²) >= 11 is 1.67. The molecule has 1 heterocycles. The number of nitrogens with zero attached hydrogens (tertiary/aromatic N) is 2. The molecule has 0 bridgehead atoms. The Kier molecular flexibility index (Phi) is 5.37. The third kappa shape index (κ3) is 4.70. The summed E-state index contributed by atoms with van der Waals surface area (Å²) < 4.78 is 0. The summed E-state index contributed by atoms with van der Waals surface area (Å²) in [4.78, 5) is 20.0. The number of hydrogen-bond donors (Lipinski definition) is 2. The fraction of sp³-hybridized carbons (Fsp3) is 0.545. The molecule has 0 aliphatic rings. The molecule has 3 N–H and O–H groups in total. The molecule has 0 unspecified atom stereocenters. The van der Waals surface area contributed by atoms with Crippen LogP contribution in [0.2, 0.25) is 0 Å². The zero-order chi connectivity index (χ0) is 12.8. The van der Waals surface area contributed by atoms with Crippen LogP contribution in [0.1, 0.15) is 17.9 Å². The van der Waals surface area contributed by atoms with Crippen molar-refractivity contribution in [2.45, 2.75) is 26.3 Å². The van der Waals surface area contributed by atoms with Gasteiger partial charge in [0.05, 0.1) is 6.04 Å². The average molecular weight is 254 g/mol. The Labute approximate surface area is 106 Å². The number of thioether (sulfide) groups is 1. The molecule has 1 aromatic rings. The van der Waals surface area contributed by atoms with E-state index in [0.717, 1.165) is 11.4 Å². The largest absolute Gasteiger partial charge is 0.320 e. The fourth-order valence-corrected chi connectivity index (χ4v) is 1.87. The van der Waals surface area contributed by atoms with Crippen molar-refractivity contribution < 1.29 is 4.79 Å². The third-order valence-corrected chi connectivity index (χ3v) is 2.83. The van der Waals surface area contributed by atoms with E-state index in [9.17, 15) is 4.79 Å². The van der Waals surface area contributed by atoms with E-state index in [0.29, 0.717) is 18.1 Å². The second kappa shape index (κ2) is 6.56. The molecule has 0 spiro atoms. The van der Waals surface area contributed by atoms with E-state index < -0.39 is 6.04 Å². The van der Waals surface area contributed by atoms with Crippen LogP contribution in [-0.4, -0.2) is 33.9 Å². The molecule has 0 fully saturated rings. The van der Waals surface area contributed by atoms with E-state index in [1.807, 2.05) is 13.2 Å². The second-order valence-corrected chi connectivity index (χ2v) is 4.80. The van der Waals surface area contributed by atoms with Crippen LogP contribution in [0.15, 0.2) is 6.07 Å². The van der Waals surface area contributed by atoms with Crippen molar-refractivity contribution >= 4 is 23.5 Å². The van der Waals surface area contributed by atoms with Crippen molar-refractivity contribution in [1.82, 2.24) is 9.97 Å². The van der Waals surface area contributed by atoms with Gasteiger partial charge >= 0.3 is 0 Å². The lowest BCUT2D eigenvalue weighted by atomic mass is 10.2. The van der Waals surface area contributed by atoms with Crippen molar-refractivity contribution in [1.29, 1.82) is 0 Å². The van der Waals surface area contributed by atoms with E-state index in [1.54, 1.807) is 24.8 Å². The minimum Gasteiger partial charge on any atom is -0.320 e. The van der Waals surface area contributed by atoms with Crippen molar-refractivity contribution in [2.24, 2.45) is 5.73 Å². The highest BCUT2D eigenvalue weighted by Crippen LogP contribution is 2.07. The third-order valence-electron chi connectivity index (χ3n) is 2.19. The minimum atomic E-state index is -0.488. The molecular formula is C11H18N4OS. The lowest BCUT2D eigenvalue weighted by Gasteiger charge is -2.11. The highest BCUT2D eigenvalue weighted by molar-refractivity contribution is 7.98. The molecule has 0 saturated heterocycles. The van der Waals surface area contributed by atoms with Gasteiger partial charge in [0.1, 0.15) is 11.6 Å². The highest BCUT2D eigenvalue weighted by Gasteiger charge is 2.13. The predicted molar refractivity (Wildman–Crippen MR) is 71.1 cm³/mol. The number of carbonyl (C=O) groups excluding carboxylic acids is 1. The van der Waals surface area contributed by atoms with Crippen LogP contribution in [0.25, 0.3) is 0 Å². The van der Waals surface area contributed by atoms with Gasteiger partial charge in [0.15, 0.2) is 0 Å². The van der Waals surface area contributed by atoms with Crippen molar-refractivity contribution in [3.8, 4) is 0 Å². The monoisotopic (exact) mass is 254 g/mol. The molecule has 0 aliphatic heterocycles. The smallest absolute Gasteiger partial charge is 0.242 e. The minimum absolute atomic E-state index is 0.198. The lowest BCUT2D eigenvalue weighted by molar-refractivity contribution is -0.117. The molecular weight excluding hydrogens is 236 g/mol. The summed E-state index contributed by atoms with van der Waals surface area (Å²) in [7, 11) is 0. The number of carbonyl (C=O) groups is 1. The number of amides is 1. The van der Waals surface area contributed by atoms with Crippen LogP contribution >= 0.6 is 11.8 Å². The summed E-state index contributed by atoms with van der Waals surface area (Å²) in [6.07, 6.45) is 2.65. The van der Waals surface area contributed by atoms with Gasteiger partial charge in [-0.2, -0.15) is 11.8 Å².